The zero-order valence-electron chi connectivity index (χ0n) is 15.0. The van der Waals surface area contributed by atoms with Crippen LogP contribution in [-0.2, 0) is 6.42 Å². The van der Waals surface area contributed by atoms with Crippen molar-refractivity contribution in [2.24, 2.45) is 0 Å². The number of benzene rings is 2. The summed E-state index contributed by atoms with van der Waals surface area (Å²) >= 11 is 0. The van der Waals surface area contributed by atoms with Gasteiger partial charge in [-0.25, -0.2) is 0 Å². The quantitative estimate of drug-likeness (QED) is 0.685. The highest BCUT2D eigenvalue weighted by molar-refractivity contribution is 5.94. The summed E-state index contributed by atoms with van der Waals surface area (Å²) in [6, 6.07) is 11.5. The molecule has 0 heterocycles. The molecule has 0 fully saturated rings. The summed E-state index contributed by atoms with van der Waals surface area (Å²) in [6.07, 6.45) is 19.1. The molecule has 0 spiro atoms. The van der Waals surface area contributed by atoms with E-state index >= 15 is 0 Å². The fourth-order valence-corrected chi connectivity index (χ4v) is 5.30. The first-order valence-electron chi connectivity index (χ1n) is 9.98. The number of fused-ring (bicyclic) bond motifs is 5. The van der Waals surface area contributed by atoms with Gasteiger partial charge >= 0.3 is 0 Å². The molecule has 0 saturated carbocycles. The molecule has 0 radical (unpaired) electrons. The monoisotopic (exact) mass is 334 g/mol. The number of rotatable bonds is 1. The molecule has 0 unspecified atom stereocenters. The molecule has 2 aromatic carbocycles. The van der Waals surface area contributed by atoms with Crippen LogP contribution in [0.25, 0.3) is 28.3 Å². The molecule has 26 heavy (non-hydrogen) atoms. The Kier molecular flexibility index (Phi) is 3.05. The van der Waals surface area contributed by atoms with Crippen molar-refractivity contribution in [1.82, 2.24) is 0 Å². The van der Waals surface area contributed by atoms with Crippen LogP contribution < -0.4 is 10.4 Å². The number of allylic oxidation sites excluding steroid dienone is 6. The lowest BCUT2D eigenvalue weighted by Crippen LogP contribution is -2.34. The largest absolute Gasteiger partial charge is 0.0836 e. The summed E-state index contributed by atoms with van der Waals surface area (Å²) in [5, 5.41) is 3.05. The first-order valence-corrected chi connectivity index (χ1v) is 9.98. The van der Waals surface area contributed by atoms with Crippen molar-refractivity contribution in [1.29, 1.82) is 0 Å². The van der Waals surface area contributed by atoms with Gasteiger partial charge in [0, 0.05) is 0 Å². The summed E-state index contributed by atoms with van der Waals surface area (Å²) in [6.45, 7) is 0. The van der Waals surface area contributed by atoms with E-state index in [1.165, 1.54) is 69.5 Å². The molecule has 0 N–H and O–H groups in total. The predicted octanol–water partition coefficient (Wildman–Crippen LogP) is 5.05. The first kappa shape index (κ1) is 14.6. The molecule has 0 atom stereocenters. The van der Waals surface area contributed by atoms with Gasteiger partial charge in [-0.15, -0.1) is 0 Å². The molecular weight excluding hydrogens is 312 g/mol. The van der Waals surface area contributed by atoms with Gasteiger partial charge in [-0.05, 0) is 99.6 Å². The molecule has 0 aliphatic heterocycles. The fourth-order valence-electron chi connectivity index (χ4n) is 5.30. The second kappa shape index (κ2) is 5.45. The Hall–Kier alpha value is -2.60. The van der Waals surface area contributed by atoms with Gasteiger partial charge in [0.2, 0.25) is 0 Å². The maximum absolute atomic E-state index is 2.51. The third-order valence-electron chi connectivity index (χ3n) is 6.37. The van der Waals surface area contributed by atoms with Gasteiger partial charge in [-0.2, -0.15) is 0 Å². The Bertz CT molecular complexity index is 1170. The fraction of sp³-hybridized carbons (Fsp3) is 0.231. The Balaban J connectivity index is 1.70. The molecule has 4 aliphatic carbocycles. The minimum atomic E-state index is 1.16. The Labute approximate surface area is 154 Å². The highest BCUT2D eigenvalue weighted by atomic mass is 14.3. The lowest BCUT2D eigenvalue weighted by atomic mass is 9.81. The van der Waals surface area contributed by atoms with E-state index in [9.17, 15) is 0 Å². The molecule has 0 saturated heterocycles. The third kappa shape index (κ3) is 1.90. The van der Waals surface area contributed by atoms with Crippen molar-refractivity contribution in [2.75, 3.05) is 0 Å². The van der Waals surface area contributed by atoms with Crippen LogP contribution in [0.2, 0.25) is 0 Å². The van der Waals surface area contributed by atoms with Crippen molar-refractivity contribution in [3.05, 3.63) is 87.3 Å². The van der Waals surface area contributed by atoms with E-state index in [1.807, 2.05) is 0 Å². The highest BCUT2D eigenvalue weighted by Gasteiger charge is 2.26. The minimum absolute atomic E-state index is 1.16. The van der Waals surface area contributed by atoms with Gasteiger partial charge in [0.15, 0.2) is 0 Å². The number of aryl methyl sites for hydroxylation is 1. The molecule has 0 nitrogen and oxygen atoms in total. The standard InChI is InChI=1S/C26H22/c1-2-8-17(9-3-1)19-13-6-10-18-16-24-21-12-5-4-11-20(21)22-14-7-15-23(25(18)19)26(22)24/h2,4-5,8-9,11-13,15-16H,1,3,6-7,10,14H2. The summed E-state index contributed by atoms with van der Waals surface area (Å²) in [5.41, 5.74) is 12.0. The lowest BCUT2D eigenvalue weighted by molar-refractivity contribution is 0.964. The average molecular weight is 334 g/mol. The van der Waals surface area contributed by atoms with Crippen LogP contribution in [0.1, 0.15) is 48.8 Å². The highest BCUT2D eigenvalue weighted by Crippen LogP contribution is 2.38. The molecule has 6 rings (SSSR count). The number of hydrogen-bond acceptors (Lipinski definition) is 0. The van der Waals surface area contributed by atoms with Gasteiger partial charge < -0.3 is 0 Å². The lowest BCUT2D eigenvalue weighted by Gasteiger charge is -2.23. The van der Waals surface area contributed by atoms with Gasteiger partial charge in [0.25, 0.3) is 0 Å². The summed E-state index contributed by atoms with van der Waals surface area (Å²) in [4.78, 5) is 0. The van der Waals surface area contributed by atoms with Crippen molar-refractivity contribution in [3.63, 3.8) is 0 Å². The molecule has 0 heteroatoms. The topological polar surface area (TPSA) is 0 Å². The molecular formula is C26H22. The average Bonchev–Trinajstić information content (AvgIpc) is 3.04. The molecule has 0 bridgehead atoms. The van der Waals surface area contributed by atoms with Gasteiger partial charge in [-0.1, -0.05) is 54.6 Å². The maximum Gasteiger partial charge on any atom is -0.00635 e. The van der Waals surface area contributed by atoms with E-state index in [-0.39, 0.29) is 0 Å². The molecule has 2 aromatic rings. The maximum atomic E-state index is 2.51. The normalized spacial score (nSPS) is 19.2. The Morgan fingerprint density at radius 1 is 0.731 bits per heavy atom. The van der Waals surface area contributed by atoms with E-state index in [4.69, 9.17) is 0 Å². The second-order valence-electron chi connectivity index (χ2n) is 7.81. The molecule has 126 valence electrons. The van der Waals surface area contributed by atoms with E-state index in [2.05, 4.69) is 60.7 Å². The Morgan fingerprint density at radius 2 is 1.62 bits per heavy atom. The van der Waals surface area contributed by atoms with Crippen LogP contribution in [0, 0.1) is 0 Å². The van der Waals surface area contributed by atoms with E-state index in [0.717, 1.165) is 12.8 Å². The zero-order chi connectivity index (χ0) is 17.1. The van der Waals surface area contributed by atoms with Crippen LogP contribution in [0.5, 0.6) is 0 Å². The second-order valence-corrected chi connectivity index (χ2v) is 7.81. The van der Waals surface area contributed by atoms with Crippen LogP contribution in [0.4, 0.5) is 0 Å². The number of hydrogen-bond donors (Lipinski definition) is 0. The zero-order valence-corrected chi connectivity index (χ0v) is 15.0. The van der Waals surface area contributed by atoms with Crippen molar-refractivity contribution < 1.29 is 0 Å². The van der Waals surface area contributed by atoms with E-state index in [0.29, 0.717) is 0 Å². The summed E-state index contributed by atoms with van der Waals surface area (Å²) in [5.74, 6) is 0. The summed E-state index contributed by atoms with van der Waals surface area (Å²) < 4.78 is 0. The van der Waals surface area contributed by atoms with Crippen molar-refractivity contribution in [3.8, 4) is 11.1 Å². The van der Waals surface area contributed by atoms with Crippen molar-refractivity contribution >= 4 is 17.2 Å². The first-order chi connectivity index (χ1) is 12.9. The van der Waals surface area contributed by atoms with Crippen LogP contribution in [0.15, 0.2) is 60.2 Å². The predicted molar refractivity (Wildman–Crippen MR) is 110 cm³/mol. The van der Waals surface area contributed by atoms with Gasteiger partial charge in [-0.3, -0.25) is 0 Å². The van der Waals surface area contributed by atoms with Crippen LogP contribution >= 0.6 is 0 Å². The third-order valence-corrected chi connectivity index (χ3v) is 6.37. The van der Waals surface area contributed by atoms with E-state index in [1.54, 1.807) is 11.1 Å². The summed E-state index contributed by atoms with van der Waals surface area (Å²) in [7, 11) is 0. The molecule has 4 aliphatic rings. The SMILES string of the molecule is C1=CC(C2=CCCc3cc4c5c(c32)=CCCC=5c2ccccc2-4)=CCC1. The molecule has 0 amide bonds. The smallest absolute Gasteiger partial charge is 0.00635 e. The minimum Gasteiger partial charge on any atom is -0.0836 e. The van der Waals surface area contributed by atoms with Gasteiger partial charge in [0.1, 0.15) is 0 Å². The van der Waals surface area contributed by atoms with Crippen LogP contribution in [-0.4, -0.2) is 0 Å². The Morgan fingerprint density at radius 3 is 2.50 bits per heavy atom. The molecule has 0 aromatic heterocycles. The van der Waals surface area contributed by atoms with Crippen molar-refractivity contribution in [2.45, 2.75) is 38.5 Å². The van der Waals surface area contributed by atoms with E-state index < -0.39 is 0 Å². The van der Waals surface area contributed by atoms with Gasteiger partial charge in [0.05, 0.1) is 0 Å². The van der Waals surface area contributed by atoms with Crippen LogP contribution in [0.3, 0.4) is 0 Å².